The summed E-state index contributed by atoms with van der Waals surface area (Å²) in [5, 5.41) is 0. The number of carbonyl (C=O) groups excluding carboxylic acids is 1. The van der Waals surface area contributed by atoms with E-state index in [-0.39, 0.29) is 17.9 Å². The first-order chi connectivity index (χ1) is 11.2. The van der Waals surface area contributed by atoms with Crippen LogP contribution in [0.3, 0.4) is 0 Å². The smallest absolute Gasteiger partial charge is 0.273 e. The van der Waals surface area contributed by atoms with Gasteiger partial charge < -0.3 is 15.1 Å². The summed E-state index contributed by atoms with van der Waals surface area (Å²) in [6, 6.07) is 5.26. The summed E-state index contributed by atoms with van der Waals surface area (Å²) in [5.74, 6) is 0.886. The van der Waals surface area contributed by atoms with Gasteiger partial charge >= 0.3 is 0 Å². The maximum absolute atomic E-state index is 12.9. The number of allylic oxidation sites excluding steroid dienone is 2. The van der Waals surface area contributed by atoms with Gasteiger partial charge in [-0.15, -0.1) is 0 Å². The van der Waals surface area contributed by atoms with Gasteiger partial charge in [-0.1, -0.05) is 24.3 Å². The molecule has 2 atom stereocenters. The molecule has 2 unspecified atom stereocenters. The van der Waals surface area contributed by atoms with Gasteiger partial charge in [0.25, 0.3) is 5.91 Å². The van der Waals surface area contributed by atoms with Crippen molar-refractivity contribution in [3.8, 4) is 11.5 Å². The Kier molecular flexibility index (Phi) is 3.22. The zero-order valence-corrected chi connectivity index (χ0v) is 12.4. The molecule has 0 bridgehead atoms. The van der Waals surface area contributed by atoms with Gasteiger partial charge in [0, 0.05) is 12.5 Å². The van der Waals surface area contributed by atoms with Gasteiger partial charge in [0.15, 0.2) is 5.76 Å². The summed E-state index contributed by atoms with van der Waals surface area (Å²) >= 11 is 0. The molecule has 6 heteroatoms. The van der Waals surface area contributed by atoms with E-state index in [4.69, 9.17) is 10.2 Å². The number of likely N-dealkylation sites (tertiary alicyclic amines) is 1. The summed E-state index contributed by atoms with van der Waals surface area (Å²) < 4.78 is 5.33. The maximum atomic E-state index is 12.9. The average Bonchev–Trinajstić information content (AvgIpc) is 3.23. The largest absolute Gasteiger partial charge is 0.463 e. The lowest BCUT2D eigenvalue weighted by Crippen LogP contribution is -2.37. The van der Waals surface area contributed by atoms with Crippen molar-refractivity contribution in [2.24, 2.45) is 5.92 Å². The van der Waals surface area contributed by atoms with Crippen molar-refractivity contribution < 1.29 is 9.21 Å². The Labute approximate surface area is 133 Å². The number of aromatic nitrogens is 2. The zero-order valence-electron chi connectivity index (χ0n) is 12.4. The first-order valence-corrected chi connectivity index (χ1v) is 7.57. The number of rotatable bonds is 2. The number of nitrogen functional groups attached to an aromatic ring is 1. The van der Waals surface area contributed by atoms with E-state index in [1.54, 1.807) is 24.5 Å². The van der Waals surface area contributed by atoms with E-state index in [2.05, 4.69) is 22.1 Å². The molecule has 4 rings (SSSR count). The van der Waals surface area contributed by atoms with Crippen molar-refractivity contribution in [1.29, 1.82) is 0 Å². The van der Waals surface area contributed by atoms with E-state index in [0.717, 1.165) is 6.42 Å². The van der Waals surface area contributed by atoms with Crippen LogP contribution in [0.1, 0.15) is 16.9 Å². The van der Waals surface area contributed by atoms with Crippen LogP contribution >= 0.6 is 0 Å². The molecule has 1 aliphatic heterocycles. The van der Waals surface area contributed by atoms with Crippen LogP contribution in [0.25, 0.3) is 11.5 Å². The molecular weight excluding hydrogens is 292 g/mol. The molecule has 2 aromatic rings. The number of amides is 1. The Morgan fingerprint density at radius 3 is 3.00 bits per heavy atom. The summed E-state index contributed by atoms with van der Waals surface area (Å²) in [7, 11) is 0. The molecule has 1 saturated heterocycles. The Bertz CT molecular complexity index is 795. The number of nitrogens with zero attached hydrogens (tertiary/aromatic N) is 3. The minimum atomic E-state index is -0.126. The molecule has 0 saturated carbocycles. The summed E-state index contributed by atoms with van der Waals surface area (Å²) in [5.41, 5.74) is 6.59. The van der Waals surface area contributed by atoms with Gasteiger partial charge in [-0.05, 0) is 24.6 Å². The standard InChI is InChI=1S/C17H16N4O2/c18-17-19-12(15-6-3-9-23-15)10-13(20-17)16(22)21-8-7-11-4-1-2-5-14(11)21/h1-6,9-11,14H,7-8H2,(H2,18,19,20). The molecule has 2 aliphatic rings. The van der Waals surface area contributed by atoms with Crippen molar-refractivity contribution >= 4 is 11.9 Å². The van der Waals surface area contributed by atoms with Crippen molar-refractivity contribution in [3.05, 3.63) is 54.5 Å². The predicted molar refractivity (Wildman–Crippen MR) is 85.4 cm³/mol. The van der Waals surface area contributed by atoms with Crippen LogP contribution in [0.2, 0.25) is 0 Å². The van der Waals surface area contributed by atoms with E-state index >= 15 is 0 Å². The van der Waals surface area contributed by atoms with Gasteiger partial charge in [0.1, 0.15) is 11.4 Å². The molecule has 1 fully saturated rings. The van der Waals surface area contributed by atoms with Crippen LogP contribution in [0, 0.1) is 5.92 Å². The number of furan rings is 1. The van der Waals surface area contributed by atoms with Gasteiger partial charge in [0.2, 0.25) is 5.95 Å². The third kappa shape index (κ3) is 2.42. The lowest BCUT2D eigenvalue weighted by atomic mass is 9.96. The summed E-state index contributed by atoms with van der Waals surface area (Å²) in [4.78, 5) is 23.0. The maximum Gasteiger partial charge on any atom is 0.273 e. The van der Waals surface area contributed by atoms with E-state index in [0.29, 0.717) is 29.6 Å². The second kappa shape index (κ2) is 5.39. The topological polar surface area (TPSA) is 85.2 Å². The summed E-state index contributed by atoms with van der Waals surface area (Å²) in [6.45, 7) is 0.711. The molecule has 6 nitrogen and oxygen atoms in total. The highest BCUT2D eigenvalue weighted by Crippen LogP contribution is 2.30. The molecule has 1 aliphatic carbocycles. The number of fused-ring (bicyclic) bond motifs is 1. The molecule has 2 aromatic heterocycles. The van der Waals surface area contributed by atoms with E-state index in [1.165, 1.54) is 0 Å². The highest BCUT2D eigenvalue weighted by molar-refractivity contribution is 5.94. The minimum Gasteiger partial charge on any atom is -0.463 e. The molecule has 0 spiro atoms. The van der Waals surface area contributed by atoms with Gasteiger partial charge in [-0.2, -0.15) is 0 Å². The number of hydrogen-bond donors (Lipinski definition) is 1. The van der Waals surface area contributed by atoms with Gasteiger partial charge in [-0.3, -0.25) is 4.79 Å². The fourth-order valence-electron chi connectivity index (χ4n) is 3.19. The molecular formula is C17H16N4O2. The predicted octanol–water partition coefficient (Wildman–Crippen LogP) is 2.28. The Morgan fingerprint density at radius 1 is 1.30 bits per heavy atom. The first-order valence-electron chi connectivity index (χ1n) is 7.57. The van der Waals surface area contributed by atoms with Gasteiger partial charge in [0.05, 0.1) is 12.3 Å². The fourth-order valence-corrected chi connectivity index (χ4v) is 3.19. The summed E-state index contributed by atoms with van der Waals surface area (Å²) in [6.07, 6.45) is 10.7. The second-order valence-electron chi connectivity index (χ2n) is 5.69. The fraction of sp³-hybridized carbons (Fsp3) is 0.235. The van der Waals surface area contributed by atoms with Crippen LogP contribution < -0.4 is 5.73 Å². The SMILES string of the molecule is Nc1nc(C(=O)N2CCC3C=CC=CC32)cc(-c2ccco2)n1. The Morgan fingerprint density at radius 2 is 2.17 bits per heavy atom. The van der Waals surface area contributed by atoms with Crippen LogP contribution in [0.15, 0.2) is 53.2 Å². The highest BCUT2D eigenvalue weighted by Gasteiger charge is 2.35. The number of anilines is 1. The normalized spacial score (nSPS) is 22.3. The number of hydrogen-bond acceptors (Lipinski definition) is 5. The van der Waals surface area contributed by atoms with Gasteiger partial charge in [-0.25, -0.2) is 9.97 Å². The lowest BCUT2D eigenvalue weighted by Gasteiger charge is -2.25. The third-order valence-corrected chi connectivity index (χ3v) is 4.28. The molecule has 0 radical (unpaired) electrons. The molecule has 116 valence electrons. The molecule has 2 N–H and O–H groups in total. The quantitative estimate of drug-likeness (QED) is 0.920. The van der Waals surface area contributed by atoms with Crippen molar-refractivity contribution in [3.63, 3.8) is 0 Å². The molecule has 3 heterocycles. The van der Waals surface area contributed by atoms with E-state index in [1.807, 2.05) is 17.1 Å². The van der Waals surface area contributed by atoms with Crippen LogP contribution in [-0.4, -0.2) is 33.4 Å². The second-order valence-corrected chi connectivity index (χ2v) is 5.69. The average molecular weight is 308 g/mol. The van der Waals surface area contributed by atoms with Crippen molar-refractivity contribution in [2.45, 2.75) is 12.5 Å². The zero-order chi connectivity index (χ0) is 15.8. The lowest BCUT2D eigenvalue weighted by molar-refractivity contribution is 0.0748. The third-order valence-electron chi connectivity index (χ3n) is 4.28. The van der Waals surface area contributed by atoms with Crippen molar-refractivity contribution in [2.75, 3.05) is 12.3 Å². The van der Waals surface area contributed by atoms with Crippen LogP contribution in [-0.2, 0) is 0 Å². The minimum absolute atomic E-state index is 0.0667. The van der Waals surface area contributed by atoms with Crippen LogP contribution in [0.4, 0.5) is 5.95 Å². The Hall–Kier alpha value is -2.89. The van der Waals surface area contributed by atoms with E-state index < -0.39 is 0 Å². The van der Waals surface area contributed by atoms with E-state index in [9.17, 15) is 4.79 Å². The monoisotopic (exact) mass is 308 g/mol. The molecule has 23 heavy (non-hydrogen) atoms. The number of nitrogens with two attached hydrogens (primary N) is 1. The Balaban J connectivity index is 1.66. The molecule has 1 amide bonds. The first kappa shape index (κ1) is 13.8. The number of carbonyl (C=O) groups is 1. The molecule has 0 aromatic carbocycles. The highest BCUT2D eigenvalue weighted by atomic mass is 16.3. The van der Waals surface area contributed by atoms with Crippen LogP contribution in [0.5, 0.6) is 0 Å². The van der Waals surface area contributed by atoms with Crippen molar-refractivity contribution in [1.82, 2.24) is 14.9 Å².